The van der Waals surface area contributed by atoms with Crippen LogP contribution in [0.1, 0.15) is 37.0 Å². The average molecular weight is 674 g/mol. The number of alkyl halides is 3. The van der Waals surface area contributed by atoms with E-state index in [4.69, 9.17) is 14.2 Å². The number of fused-ring (bicyclic) bond motifs is 1. The molecule has 0 radical (unpaired) electrons. The maximum atomic E-state index is 15.4. The van der Waals surface area contributed by atoms with Crippen LogP contribution in [0.25, 0.3) is 28.0 Å². The first-order valence-corrected chi connectivity index (χ1v) is 13.9. The van der Waals surface area contributed by atoms with E-state index in [0.717, 1.165) is 18.0 Å². The third-order valence-electron chi connectivity index (χ3n) is 5.94. The van der Waals surface area contributed by atoms with Crippen molar-refractivity contribution in [1.29, 1.82) is 0 Å². The summed E-state index contributed by atoms with van der Waals surface area (Å²) in [5.41, 5.74) is 1.03. The summed E-state index contributed by atoms with van der Waals surface area (Å²) in [6.07, 6.45) is -0.932. The second-order valence-electron chi connectivity index (χ2n) is 10.5. The van der Waals surface area contributed by atoms with Gasteiger partial charge >= 0.3 is 12.1 Å². The van der Waals surface area contributed by atoms with Crippen LogP contribution in [0, 0.1) is 5.82 Å². The Balaban J connectivity index is 1.62. The van der Waals surface area contributed by atoms with Gasteiger partial charge in [-0.1, -0.05) is 30.3 Å². The molecular formula is C30H24BrF4N5O4. The van der Waals surface area contributed by atoms with Crippen molar-refractivity contribution in [2.24, 2.45) is 0 Å². The molecule has 0 aliphatic carbocycles. The third-order valence-corrected chi connectivity index (χ3v) is 6.69. The molecule has 14 heteroatoms. The number of aromatic nitrogens is 5. The van der Waals surface area contributed by atoms with E-state index in [1.165, 1.54) is 29.1 Å². The third kappa shape index (κ3) is 6.96. The number of hydrogen-bond acceptors (Lipinski definition) is 8. The summed E-state index contributed by atoms with van der Waals surface area (Å²) >= 11 is 3.48. The van der Waals surface area contributed by atoms with Gasteiger partial charge in [-0.3, -0.25) is 0 Å². The molecule has 0 N–H and O–H groups in total. The molecule has 0 saturated heterocycles. The quantitative estimate of drug-likeness (QED) is 0.125. The molecule has 0 fully saturated rings. The number of carbonyl (C=O) groups is 1. The first-order chi connectivity index (χ1) is 20.8. The van der Waals surface area contributed by atoms with Crippen molar-refractivity contribution in [3.63, 3.8) is 0 Å². The van der Waals surface area contributed by atoms with E-state index in [-0.39, 0.29) is 40.6 Å². The maximum Gasteiger partial charge on any atom is 0.422 e. The van der Waals surface area contributed by atoms with Crippen LogP contribution in [-0.2, 0) is 11.3 Å². The predicted molar refractivity (Wildman–Crippen MR) is 155 cm³/mol. The molecule has 5 aromatic rings. The van der Waals surface area contributed by atoms with Crippen molar-refractivity contribution in [1.82, 2.24) is 24.5 Å². The van der Waals surface area contributed by atoms with Gasteiger partial charge in [-0.15, -0.1) is 0 Å². The van der Waals surface area contributed by atoms with Crippen LogP contribution in [0.2, 0.25) is 0 Å². The zero-order chi connectivity index (χ0) is 31.6. The predicted octanol–water partition coefficient (Wildman–Crippen LogP) is 7.25. The van der Waals surface area contributed by atoms with E-state index >= 15 is 4.39 Å². The SMILES string of the molecule is CC(C)(C)OC(=O)c1ncc(-c2c(Br)c3ncnc(OCC(F)(F)F)c3n2-c2ccc(OCc3ccccc3)c(F)c2)cn1. The smallest absolute Gasteiger partial charge is 0.422 e. The topological polar surface area (TPSA) is 101 Å². The highest BCUT2D eigenvalue weighted by Crippen LogP contribution is 2.42. The van der Waals surface area contributed by atoms with E-state index in [1.54, 1.807) is 20.8 Å². The normalized spacial score (nSPS) is 11.9. The molecule has 228 valence electrons. The van der Waals surface area contributed by atoms with Crippen LogP contribution < -0.4 is 9.47 Å². The maximum absolute atomic E-state index is 15.4. The van der Waals surface area contributed by atoms with E-state index in [1.807, 2.05) is 30.3 Å². The summed E-state index contributed by atoms with van der Waals surface area (Å²) in [4.78, 5) is 28.9. The average Bonchev–Trinajstić information content (AvgIpc) is 3.27. The lowest BCUT2D eigenvalue weighted by atomic mass is 10.2. The fourth-order valence-electron chi connectivity index (χ4n) is 4.18. The minimum absolute atomic E-state index is 0.0206. The van der Waals surface area contributed by atoms with Gasteiger partial charge < -0.3 is 18.8 Å². The van der Waals surface area contributed by atoms with E-state index in [9.17, 15) is 18.0 Å². The Hall–Kier alpha value is -4.59. The monoisotopic (exact) mass is 673 g/mol. The molecule has 9 nitrogen and oxygen atoms in total. The molecule has 0 amide bonds. The van der Waals surface area contributed by atoms with E-state index in [0.29, 0.717) is 10.0 Å². The Kier molecular flexibility index (Phi) is 8.55. The van der Waals surface area contributed by atoms with Crippen molar-refractivity contribution in [3.8, 4) is 28.6 Å². The summed E-state index contributed by atoms with van der Waals surface area (Å²) in [5.74, 6) is -2.11. The Labute approximate surface area is 257 Å². The lowest BCUT2D eigenvalue weighted by Gasteiger charge is -2.18. The second-order valence-corrected chi connectivity index (χ2v) is 11.3. The number of nitrogens with zero attached hydrogens (tertiary/aromatic N) is 5. The largest absolute Gasteiger partial charge is 0.486 e. The first kappa shape index (κ1) is 30.9. The molecule has 0 unspecified atom stereocenters. The van der Waals surface area contributed by atoms with Gasteiger partial charge in [-0.05, 0) is 54.4 Å². The van der Waals surface area contributed by atoms with E-state index in [2.05, 4.69) is 35.9 Å². The Bertz CT molecular complexity index is 1810. The molecule has 0 aliphatic rings. The Morgan fingerprint density at radius 1 is 0.955 bits per heavy atom. The van der Waals surface area contributed by atoms with Gasteiger partial charge in [0.2, 0.25) is 11.7 Å². The summed E-state index contributed by atoms with van der Waals surface area (Å²) in [6.45, 7) is 3.60. The van der Waals surface area contributed by atoms with Crippen LogP contribution in [0.15, 0.2) is 71.7 Å². The van der Waals surface area contributed by atoms with Gasteiger partial charge in [0, 0.05) is 29.7 Å². The summed E-state index contributed by atoms with van der Waals surface area (Å²) in [5, 5.41) is 0. The minimum Gasteiger partial charge on any atom is -0.486 e. The standard InChI is InChI=1S/C30H24BrF4N5O4/c1-29(2,3)44-28(41)26-36-12-18(13-37-26)24-22(31)23-25(27(39-16-38-23)43-15-30(33,34)35)40(24)19-9-10-21(20(32)11-19)42-14-17-7-5-4-6-8-17/h4-13,16H,14-15H2,1-3H3. The van der Waals surface area contributed by atoms with Crippen molar-refractivity contribution in [3.05, 3.63) is 88.9 Å². The second kappa shape index (κ2) is 12.2. The Morgan fingerprint density at radius 3 is 2.30 bits per heavy atom. The van der Waals surface area contributed by atoms with E-state index < -0.39 is 36.1 Å². The molecule has 5 rings (SSSR count). The van der Waals surface area contributed by atoms with Crippen LogP contribution in [0.4, 0.5) is 17.6 Å². The van der Waals surface area contributed by atoms with Gasteiger partial charge in [-0.2, -0.15) is 18.2 Å². The molecule has 0 spiro atoms. The van der Waals surface area contributed by atoms with Crippen molar-refractivity contribution < 1.29 is 36.6 Å². The molecule has 3 heterocycles. The van der Waals surface area contributed by atoms with Gasteiger partial charge in [-0.25, -0.2) is 24.1 Å². The van der Waals surface area contributed by atoms with Crippen LogP contribution in [0.5, 0.6) is 11.6 Å². The molecule has 44 heavy (non-hydrogen) atoms. The summed E-state index contributed by atoms with van der Waals surface area (Å²) in [7, 11) is 0. The number of benzene rings is 2. The highest BCUT2D eigenvalue weighted by Gasteiger charge is 2.31. The van der Waals surface area contributed by atoms with Crippen LogP contribution in [0.3, 0.4) is 0 Å². The van der Waals surface area contributed by atoms with Crippen LogP contribution >= 0.6 is 15.9 Å². The number of carbonyl (C=O) groups excluding carboxylic acids is 1. The fourth-order valence-corrected chi connectivity index (χ4v) is 4.87. The number of halogens is 5. The number of hydrogen-bond donors (Lipinski definition) is 0. The zero-order valence-corrected chi connectivity index (χ0v) is 25.1. The Morgan fingerprint density at radius 2 is 1.66 bits per heavy atom. The van der Waals surface area contributed by atoms with Gasteiger partial charge in [0.15, 0.2) is 18.2 Å². The molecule has 2 aromatic carbocycles. The molecule has 0 atom stereocenters. The van der Waals surface area contributed by atoms with Gasteiger partial charge in [0.05, 0.1) is 10.2 Å². The van der Waals surface area contributed by atoms with Crippen molar-refractivity contribution >= 4 is 32.9 Å². The van der Waals surface area contributed by atoms with Crippen molar-refractivity contribution in [2.45, 2.75) is 39.2 Å². The highest BCUT2D eigenvalue weighted by atomic mass is 79.9. The molecule has 3 aromatic heterocycles. The number of esters is 1. The minimum atomic E-state index is -4.65. The number of ether oxygens (including phenoxy) is 3. The summed E-state index contributed by atoms with van der Waals surface area (Å²) in [6, 6.07) is 13.3. The first-order valence-electron chi connectivity index (χ1n) is 13.1. The lowest BCUT2D eigenvalue weighted by molar-refractivity contribution is -0.153. The highest BCUT2D eigenvalue weighted by molar-refractivity contribution is 9.10. The summed E-state index contributed by atoms with van der Waals surface area (Å²) < 4.78 is 72.5. The zero-order valence-electron chi connectivity index (χ0n) is 23.5. The molecule has 0 saturated carbocycles. The molecular weight excluding hydrogens is 650 g/mol. The van der Waals surface area contributed by atoms with Gasteiger partial charge in [0.25, 0.3) is 0 Å². The van der Waals surface area contributed by atoms with Crippen molar-refractivity contribution in [2.75, 3.05) is 6.61 Å². The number of rotatable bonds is 8. The molecule has 0 bridgehead atoms. The van der Waals surface area contributed by atoms with Crippen LogP contribution in [-0.4, -0.2) is 48.9 Å². The fraction of sp³-hybridized carbons (Fsp3) is 0.233. The molecule has 0 aliphatic heterocycles. The van der Waals surface area contributed by atoms with Gasteiger partial charge in [0.1, 0.15) is 29.6 Å². The lowest BCUT2D eigenvalue weighted by Crippen LogP contribution is -2.25.